The van der Waals surface area contributed by atoms with Crippen LogP contribution in [0.15, 0.2) is 30.4 Å². The number of nitrogens with one attached hydrogen (secondary N) is 1. The summed E-state index contributed by atoms with van der Waals surface area (Å²) in [6.45, 7) is 11.3. The van der Waals surface area contributed by atoms with Gasteiger partial charge in [0.1, 0.15) is 0 Å². The smallest absolute Gasteiger partial charge is 0.0453 e. The lowest BCUT2D eigenvalue weighted by molar-refractivity contribution is 0.977. The maximum atomic E-state index is 3.97. The maximum Gasteiger partial charge on any atom is 0.0453 e. The van der Waals surface area contributed by atoms with Gasteiger partial charge in [0, 0.05) is 23.1 Å². The second kappa shape index (κ2) is 5.86. The molecule has 0 aliphatic rings. The fraction of sp³-hybridized carbons (Fsp3) is 0.357. The van der Waals surface area contributed by atoms with Crippen molar-refractivity contribution < 1.29 is 0 Å². The minimum Gasteiger partial charge on any atom is -0.384 e. The largest absolute Gasteiger partial charge is 0.384 e. The van der Waals surface area contributed by atoms with Crippen LogP contribution in [0.1, 0.15) is 31.4 Å². The molecule has 16 heavy (non-hydrogen) atoms. The summed E-state index contributed by atoms with van der Waals surface area (Å²) in [6.07, 6.45) is 1.12. The minimum absolute atomic E-state index is 0.994. The molecule has 0 atom stereocenters. The summed E-state index contributed by atoms with van der Waals surface area (Å²) in [5.74, 6) is 0. The van der Waals surface area contributed by atoms with Crippen molar-refractivity contribution in [1.82, 2.24) is 0 Å². The monoisotopic (exact) mass is 233 g/mol. The van der Waals surface area contributed by atoms with Crippen LogP contribution in [0.3, 0.4) is 0 Å². The van der Waals surface area contributed by atoms with E-state index in [1.54, 1.807) is 0 Å². The van der Waals surface area contributed by atoms with E-state index in [1.807, 2.05) is 6.92 Å². The van der Waals surface area contributed by atoms with Gasteiger partial charge < -0.3 is 5.32 Å². The Morgan fingerprint density at radius 2 is 2.12 bits per heavy atom. The van der Waals surface area contributed by atoms with Gasteiger partial charge in [-0.05, 0) is 31.4 Å². The molecule has 0 amide bonds. The molecule has 0 aliphatic carbocycles. The highest BCUT2D eigenvalue weighted by atomic mass is 31.0. The zero-order chi connectivity index (χ0) is 12.1. The van der Waals surface area contributed by atoms with E-state index in [4.69, 9.17) is 0 Å². The summed E-state index contributed by atoms with van der Waals surface area (Å²) in [5.41, 5.74) is 4.71. The van der Waals surface area contributed by atoms with E-state index in [0.717, 1.165) is 23.8 Å². The molecule has 0 saturated carbocycles. The van der Waals surface area contributed by atoms with Crippen LogP contribution in [0.2, 0.25) is 0 Å². The van der Waals surface area contributed by atoms with Gasteiger partial charge in [0.05, 0.1) is 0 Å². The quantitative estimate of drug-likeness (QED) is 0.756. The van der Waals surface area contributed by atoms with Crippen molar-refractivity contribution >= 4 is 19.8 Å². The van der Waals surface area contributed by atoms with Crippen molar-refractivity contribution in [2.75, 3.05) is 11.9 Å². The topological polar surface area (TPSA) is 12.0 Å². The lowest BCUT2D eigenvalue weighted by Gasteiger charge is -2.15. The van der Waals surface area contributed by atoms with Crippen LogP contribution in [0.25, 0.3) is 0 Å². The molecule has 0 spiro atoms. The van der Waals surface area contributed by atoms with Crippen LogP contribution in [0, 0.1) is 6.92 Å². The number of para-hydroxylation sites is 1. The lowest BCUT2D eigenvalue weighted by atomic mass is 10.0. The van der Waals surface area contributed by atoms with Gasteiger partial charge in [-0.25, -0.2) is 0 Å². The fourth-order valence-electron chi connectivity index (χ4n) is 1.59. The van der Waals surface area contributed by atoms with E-state index < -0.39 is 0 Å². The van der Waals surface area contributed by atoms with Gasteiger partial charge in [0.15, 0.2) is 0 Å². The molecule has 1 nitrogen and oxygen atoms in total. The first-order chi connectivity index (χ1) is 7.57. The Labute approximate surface area is 101 Å². The summed E-state index contributed by atoms with van der Waals surface area (Å²) in [4.78, 5) is 0. The molecule has 86 valence electrons. The molecule has 0 unspecified atom stereocenters. The van der Waals surface area contributed by atoms with Gasteiger partial charge in [0.25, 0.3) is 0 Å². The Kier molecular flexibility index (Phi) is 4.76. The SMILES string of the molecule is C=C(C)C(=P)c1cccc(C)c1NCCC. The van der Waals surface area contributed by atoms with Crippen molar-refractivity contribution in [3.63, 3.8) is 0 Å². The number of anilines is 1. The van der Waals surface area contributed by atoms with Crippen LogP contribution in [-0.4, -0.2) is 11.8 Å². The predicted molar refractivity (Wildman–Crippen MR) is 77.2 cm³/mol. The Balaban J connectivity index is 3.12. The molecule has 0 radical (unpaired) electrons. The fourth-order valence-corrected chi connectivity index (χ4v) is 1.80. The lowest BCUT2D eigenvalue weighted by Crippen LogP contribution is -2.08. The van der Waals surface area contributed by atoms with Crippen molar-refractivity contribution in [3.8, 4) is 0 Å². The van der Waals surface area contributed by atoms with Gasteiger partial charge in [0.2, 0.25) is 0 Å². The number of aryl methyl sites for hydroxylation is 1. The van der Waals surface area contributed by atoms with Crippen molar-refractivity contribution in [2.45, 2.75) is 27.2 Å². The highest BCUT2D eigenvalue weighted by Gasteiger charge is 2.08. The standard InChI is InChI=1S/C14H20NP/c1-5-9-15-13-11(4)7-6-8-12(13)14(16)10(2)3/h6-8,15-16H,2,5,9H2,1,3-4H3. The first kappa shape index (κ1) is 13.0. The van der Waals surface area contributed by atoms with E-state index in [2.05, 4.69) is 52.8 Å². The molecule has 0 heterocycles. The van der Waals surface area contributed by atoms with E-state index in [-0.39, 0.29) is 0 Å². The second-order valence-corrected chi connectivity index (χ2v) is 4.58. The highest BCUT2D eigenvalue weighted by molar-refractivity contribution is 7.23. The summed E-state index contributed by atoms with van der Waals surface area (Å²) in [5, 5.41) is 4.55. The molecule has 0 saturated heterocycles. The molecule has 0 aromatic heterocycles. The zero-order valence-electron chi connectivity index (χ0n) is 10.4. The molecular formula is C14H20NP. The molecule has 0 fully saturated rings. The van der Waals surface area contributed by atoms with Crippen molar-refractivity contribution in [3.05, 3.63) is 41.5 Å². The van der Waals surface area contributed by atoms with Crippen LogP contribution in [0.4, 0.5) is 5.69 Å². The van der Waals surface area contributed by atoms with Crippen LogP contribution < -0.4 is 5.32 Å². The Morgan fingerprint density at radius 3 is 2.69 bits per heavy atom. The van der Waals surface area contributed by atoms with Crippen LogP contribution in [0.5, 0.6) is 0 Å². The van der Waals surface area contributed by atoms with E-state index >= 15 is 0 Å². The Bertz CT molecular complexity index is 407. The van der Waals surface area contributed by atoms with Crippen molar-refractivity contribution in [1.29, 1.82) is 0 Å². The molecule has 2 heteroatoms. The second-order valence-electron chi connectivity index (χ2n) is 4.08. The summed E-state index contributed by atoms with van der Waals surface area (Å²) < 4.78 is 0. The van der Waals surface area contributed by atoms with E-state index in [0.29, 0.717) is 0 Å². The summed E-state index contributed by atoms with van der Waals surface area (Å²) in [7, 11) is 3.66. The van der Waals surface area contributed by atoms with Crippen LogP contribution >= 0.6 is 8.86 Å². The van der Waals surface area contributed by atoms with Gasteiger partial charge in [-0.15, -0.1) is 8.86 Å². The summed E-state index contributed by atoms with van der Waals surface area (Å²) in [6, 6.07) is 6.31. The zero-order valence-corrected chi connectivity index (χ0v) is 11.4. The van der Waals surface area contributed by atoms with Gasteiger partial charge in [-0.3, -0.25) is 0 Å². The average molecular weight is 233 g/mol. The molecule has 1 N–H and O–H groups in total. The van der Waals surface area contributed by atoms with Gasteiger partial charge in [-0.2, -0.15) is 0 Å². The normalized spacial score (nSPS) is 9.94. The molecule has 1 aromatic carbocycles. The molecular weight excluding hydrogens is 213 g/mol. The molecule has 0 bridgehead atoms. The minimum atomic E-state index is 0.994. The number of hydrogen-bond donors (Lipinski definition) is 1. The third-order valence-electron chi connectivity index (χ3n) is 2.52. The van der Waals surface area contributed by atoms with Crippen molar-refractivity contribution in [2.24, 2.45) is 0 Å². The third kappa shape index (κ3) is 2.96. The predicted octanol–water partition coefficient (Wildman–Crippen LogP) is 4.06. The number of allylic oxidation sites excluding steroid dienone is 1. The number of benzene rings is 1. The average Bonchev–Trinajstić information content (AvgIpc) is 2.26. The number of hydrogen-bond acceptors (Lipinski definition) is 1. The highest BCUT2D eigenvalue weighted by Crippen LogP contribution is 2.24. The summed E-state index contributed by atoms with van der Waals surface area (Å²) >= 11 is 0. The third-order valence-corrected chi connectivity index (χ3v) is 3.22. The van der Waals surface area contributed by atoms with E-state index in [9.17, 15) is 0 Å². The Hall–Kier alpha value is -1.07. The Morgan fingerprint density at radius 1 is 1.44 bits per heavy atom. The van der Waals surface area contributed by atoms with E-state index in [1.165, 1.54) is 16.8 Å². The maximum absolute atomic E-state index is 3.97. The van der Waals surface area contributed by atoms with Gasteiger partial charge in [-0.1, -0.05) is 31.7 Å². The first-order valence-electron chi connectivity index (χ1n) is 5.66. The molecule has 1 rings (SSSR count). The first-order valence-corrected chi connectivity index (χ1v) is 6.16. The van der Waals surface area contributed by atoms with Crippen LogP contribution in [-0.2, 0) is 0 Å². The molecule has 0 aliphatic heterocycles. The van der Waals surface area contributed by atoms with Gasteiger partial charge >= 0.3 is 0 Å². The number of rotatable bonds is 5. The molecule has 1 aromatic rings.